The van der Waals surface area contributed by atoms with Crippen molar-refractivity contribution in [3.05, 3.63) is 30.1 Å². The predicted octanol–water partition coefficient (Wildman–Crippen LogP) is 1.88. The van der Waals surface area contributed by atoms with Crippen LogP contribution in [0, 0.1) is 0 Å². The van der Waals surface area contributed by atoms with E-state index < -0.39 is 0 Å². The van der Waals surface area contributed by atoms with E-state index in [0.29, 0.717) is 25.1 Å². The molecule has 0 aliphatic carbocycles. The maximum absolute atomic E-state index is 12.8. The van der Waals surface area contributed by atoms with Crippen LogP contribution in [0.5, 0.6) is 0 Å². The Kier molecular flexibility index (Phi) is 3.99. The summed E-state index contributed by atoms with van der Waals surface area (Å²) in [4.78, 5) is 34.2. The van der Waals surface area contributed by atoms with E-state index in [-0.39, 0.29) is 17.7 Å². The number of nitrogens with one attached hydrogen (secondary N) is 1. The van der Waals surface area contributed by atoms with Gasteiger partial charge in [-0.15, -0.1) is 0 Å². The van der Waals surface area contributed by atoms with Crippen molar-refractivity contribution < 1.29 is 9.59 Å². The molecule has 25 heavy (non-hydrogen) atoms. The average molecular weight is 339 g/mol. The molecule has 7 nitrogen and oxygen atoms in total. The van der Waals surface area contributed by atoms with Crippen molar-refractivity contribution in [3.63, 3.8) is 0 Å². The van der Waals surface area contributed by atoms with Gasteiger partial charge in [0, 0.05) is 38.9 Å². The molecular formula is C18H21N5O2. The third-order valence-corrected chi connectivity index (χ3v) is 4.96. The minimum Gasteiger partial charge on any atom is -0.342 e. The highest BCUT2D eigenvalue weighted by atomic mass is 16.2. The molecule has 1 fully saturated rings. The van der Waals surface area contributed by atoms with E-state index in [1.807, 2.05) is 29.2 Å². The standard InChI is InChI=1S/C18H21N5O2/c1-22-16(24)9-8-15(21-22)18(25)23-10-4-5-12(11-23)17-19-13-6-2-3-7-14(13)20-17/h2-3,6-7,12H,4-5,8-11H2,1H3,(H,19,20). The fourth-order valence-corrected chi connectivity index (χ4v) is 3.56. The van der Waals surface area contributed by atoms with Gasteiger partial charge in [0.2, 0.25) is 5.91 Å². The Hall–Kier alpha value is -2.70. The summed E-state index contributed by atoms with van der Waals surface area (Å²) in [6.45, 7) is 1.36. The Morgan fingerprint density at radius 3 is 2.92 bits per heavy atom. The molecule has 0 saturated carbocycles. The number of amides is 2. The van der Waals surface area contributed by atoms with E-state index >= 15 is 0 Å². The van der Waals surface area contributed by atoms with Gasteiger partial charge in [0.15, 0.2) is 0 Å². The van der Waals surface area contributed by atoms with Crippen LogP contribution >= 0.6 is 0 Å². The summed E-state index contributed by atoms with van der Waals surface area (Å²) in [6, 6.07) is 7.97. The molecule has 1 saturated heterocycles. The number of hydrazone groups is 1. The van der Waals surface area contributed by atoms with E-state index in [2.05, 4.69) is 15.1 Å². The third kappa shape index (κ3) is 3.01. The molecule has 1 N–H and O–H groups in total. The molecule has 4 rings (SSSR count). The number of carbonyl (C=O) groups is 2. The fraction of sp³-hybridized carbons (Fsp3) is 0.444. The second-order valence-corrected chi connectivity index (χ2v) is 6.69. The molecule has 0 radical (unpaired) electrons. The maximum Gasteiger partial charge on any atom is 0.270 e. The fourth-order valence-electron chi connectivity index (χ4n) is 3.56. The number of rotatable bonds is 2. The van der Waals surface area contributed by atoms with Crippen LogP contribution in [0.2, 0.25) is 0 Å². The summed E-state index contributed by atoms with van der Waals surface area (Å²) in [5.41, 5.74) is 2.46. The van der Waals surface area contributed by atoms with Crippen LogP contribution in [-0.2, 0) is 9.59 Å². The van der Waals surface area contributed by atoms with E-state index in [1.165, 1.54) is 5.01 Å². The third-order valence-electron chi connectivity index (χ3n) is 4.96. The van der Waals surface area contributed by atoms with Crippen LogP contribution in [0.1, 0.15) is 37.4 Å². The number of hydrogen-bond donors (Lipinski definition) is 1. The van der Waals surface area contributed by atoms with Crippen molar-refractivity contribution in [1.82, 2.24) is 19.9 Å². The molecule has 1 unspecified atom stereocenters. The molecule has 3 heterocycles. The van der Waals surface area contributed by atoms with Gasteiger partial charge in [-0.25, -0.2) is 9.99 Å². The number of aromatic amines is 1. The van der Waals surface area contributed by atoms with Gasteiger partial charge in [0.25, 0.3) is 5.91 Å². The van der Waals surface area contributed by atoms with Gasteiger partial charge in [-0.05, 0) is 25.0 Å². The lowest BCUT2D eigenvalue weighted by Gasteiger charge is -2.33. The molecule has 7 heteroatoms. The maximum atomic E-state index is 12.8. The first-order chi connectivity index (χ1) is 12.1. The lowest BCUT2D eigenvalue weighted by molar-refractivity contribution is -0.130. The first kappa shape index (κ1) is 15.8. The van der Waals surface area contributed by atoms with E-state index in [1.54, 1.807) is 7.05 Å². The number of benzene rings is 1. The summed E-state index contributed by atoms with van der Waals surface area (Å²) in [7, 11) is 1.60. The molecule has 2 amide bonds. The van der Waals surface area contributed by atoms with Gasteiger partial charge in [-0.1, -0.05) is 12.1 Å². The van der Waals surface area contributed by atoms with Gasteiger partial charge < -0.3 is 9.88 Å². The SMILES string of the molecule is CN1N=C(C(=O)N2CCCC(c3nc4ccccc4[nH]3)C2)CCC1=O. The molecule has 1 atom stereocenters. The number of H-pyrrole nitrogens is 1. The summed E-state index contributed by atoms with van der Waals surface area (Å²) in [5, 5.41) is 5.43. The molecule has 130 valence electrons. The van der Waals surface area contributed by atoms with Gasteiger partial charge >= 0.3 is 0 Å². The molecular weight excluding hydrogens is 318 g/mol. The minimum absolute atomic E-state index is 0.0460. The number of fused-ring (bicyclic) bond motifs is 1. The van der Waals surface area contributed by atoms with Crippen LogP contribution in [0.25, 0.3) is 11.0 Å². The number of aromatic nitrogens is 2. The van der Waals surface area contributed by atoms with Gasteiger partial charge in [0.05, 0.1) is 11.0 Å². The largest absolute Gasteiger partial charge is 0.342 e. The molecule has 2 aliphatic rings. The van der Waals surface area contributed by atoms with Gasteiger partial charge in [-0.3, -0.25) is 9.59 Å². The first-order valence-corrected chi connectivity index (χ1v) is 8.70. The Balaban J connectivity index is 1.51. The molecule has 0 spiro atoms. The zero-order chi connectivity index (χ0) is 17.4. The second kappa shape index (κ2) is 6.31. The number of piperidine rings is 1. The van der Waals surface area contributed by atoms with Crippen molar-refractivity contribution in [2.45, 2.75) is 31.6 Å². The van der Waals surface area contributed by atoms with E-state index in [4.69, 9.17) is 0 Å². The zero-order valence-electron chi connectivity index (χ0n) is 14.2. The van der Waals surface area contributed by atoms with Crippen LogP contribution in [0.3, 0.4) is 0 Å². The minimum atomic E-state index is -0.0554. The highest BCUT2D eigenvalue weighted by Crippen LogP contribution is 2.27. The predicted molar refractivity (Wildman–Crippen MR) is 94.1 cm³/mol. The van der Waals surface area contributed by atoms with Crippen LogP contribution < -0.4 is 0 Å². The van der Waals surface area contributed by atoms with Crippen molar-refractivity contribution in [1.29, 1.82) is 0 Å². The summed E-state index contributed by atoms with van der Waals surface area (Å²) in [5.74, 6) is 1.04. The number of para-hydroxylation sites is 2. The topological polar surface area (TPSA) is 81.7 Å². The van der Waals surface area contributed by atoms with Gasteiger partial charge in [0.1, 0.15) is 11.5 Å². The molecule has 2 aromatic rings. The lowest BCUT2D eigenvalue weighted by Crippen LogP contribution is -2.45. The van der Waals surface area contributed by atoms with Crippen molar-refractivity contribution >= 4 is 28.6 Å². The van der Waals surface area contributed by atoms with E-state index in [9.17, 15) is 9.59 Å². The van der Waals surface area contributed by atoms with Crippen LogP contribution in [-0.4, -0.2) is 57.5 Å². The molecule has 0 bridgehead atoms. The normalized spacial score (nSPS) is 21.6. The van der Waals surface area contributed by atoms with E-state index in [0.717, 1.165) is 36.2 Å². The van der Waals surface area contributed by atoms with Crippen molar-refractivity contribution in [2.75, 3.05) is 20.1 Å². The first-order valence-electron chi connectivity index (χ1n) is 8.70. The summed E-state index contributed by atoms with van der Waals surface area (Å²) in [6.07, 6.45) is 2.72. The Labute approximate surface area is 145 Å². The molecule has 1 aromatic carbocycles. The Bertz CT molecular complexity index is 823. The zero-order valence-corrected chi connectivity index (χ0v) is 14.2. The number of carbonyl (C=O) groups excluding carboxylic acids is 2. The van der Waals surface area contributed by atoms with Gasteiger partial charge in [-0.2, -0.15) is 5.10 Å². The smallest absolute Gasteiger partial charge is 0.270 e. The second-order valence-electron chi connectivity index (χ2n) is 6.69. The molecule has 1 aromatic heterocycles. The monoisotopic (exact) mass is 339 g/mol. The quantitative estimate of drug-likeness (QED) is 0.907. The number of likely N-dealkylation sites (tertiary alicyclic amines) is 1. The Morgan fingerprint density at radius 1 is 1.28 bits per heavy atom. The highest BCUT2D eigenvalue weighted by molar-refractivity contribution is 6.39. The highest BCUT2D eigenvalue weighted by Gasteiger charge is 2.31. The average Bonchev–Trinajstić information content (AvgIpc) is 3.08. The summed E-state index contributed by atoms with van der Waals surface area (Å²) >= 11 is 0. The van der Waals surface area contributed by atoms with Crippen molar-refractivity contribution in [3.8, 4) is 0 Å². The number of imidazole rings is 1. The van der Waals surface area contributed by atoms with Crippen LogP contribution in [0.4, 0.5) is 0 Å². The lowest BCUT2D eigenvalue weighted by atomic mass is 9.96. The Morgan fingerprint density at radius 2 is 2.12 bits per heavy atom. The van der Waals surface area contributed by atoms with Crippen molar-refractivity contribution in [2.24, 2.45) is 5.10 Å². The number of hydrogen-bond acceptors (Lipinski definition) is 4. The van der Waals surface area contributed by atoms with Crippen LogP contribution in [0.15, 0.2) is 29.4 Å². The number of nitrogens with zero attached hydrogens (tertiary/aromatic N) is 4. The molecule has 2 aliphatic heterocycles. The summed E-state index contributed by atoms with van der Waals surface area (Å²) < 4.78 is 0.